The number of aromatic hydroxyl groups is 1. The largest absolute Gasteiger partial charge is 0.502 e. The van der Waals surface area contributed by atoms with Crippen molar-refractivity contribution in [3.8, 4) is 11.8 Å². The van der Waals surface area contributed by atoms with Crippen LogP contribution < -0.4 is 0 Å². The number of alkyl halides is 1. The van der Waals surface area contributed by atoms with E-state index in [0.29, 0.717) is 0 Å². The topological polar surface area (TPSA) is 87.2 Å². The van der Waals surface area contributed by atoms with Gasteiger partial charge in [-0.05, 0) is 6.07 Å². The smallest absolute Gasteiger partial charge is 0.312 e. The summed E-state index contributed by atoms with van der Waals surface area (Å²) >= 11 is 5.41. The molecule has 0 atom stereocenters. The molecule has 16 heavy (non-hydrogen) atoms. The Morgan fingerprint density at radius 2 is 2.31 bits per heavy atom. The Bertz CT molecular complexity index is 492. The lowest BCUT2D eigenvalue weighted by Crippen LogP contribution is -1.92. The quantitative estimate of drug-likeness (QED) is 0.498. The molecule has 0 spiro atoms. The van der Waals surface area contributed by atoms with Gasteiger partial charge in [0.1, 0.15) is 0 Å². The highest BCUT2D eigenvalue weighted by molar-refractivity contribution is 6.19. The van der Waals surface area contributed by atoms with Gasteiger partial charge in [0, 0.05) is 17.5 Å². The van der Waals surface area contributed by atoms with Gasteiger partial charge in [-0.2, -0.15) is 5.26 Å². The van der Waals surface area contributed by atoms with E-state index in [1.807, 2.05) is 0 Å². The number of nitro groups is 1. The van der Waals surface area contributed by atoms with Crippen molar-refractivity contribution < 1.29 is 10.0 Å². The van der Waals surface area contributed by atoms with Gasteiger partial charge in [-0.15, -0.1) is 11.6 Å². The minimum Gasteiger partial charge on any atom is -0.502 e. The maximum atomic E-state index is 10.6. The van der Waals surface area contributed by atoms with E-state index in [1.54, 1.807) is 6.07 Å². The molecule has 0 saturated carbocycles. The Morgan fingerprint density at radius 3 is 2.81 bits per heavy atom. The van der Waals surface area contributed by atoms with E-state index in [2.05, 4.69) is 0 Å². The fourth-order valence-corrected chi connectivity index (χ4v) is 1.23. The summed E-state index contributed by atoms with van der Waals surface area (Å²) in [5.41, 5.74) is -0.182. The number of allylic oxidation sites excluding steroid dienone is 1. The first-order chi connectivity index (χ1) is 7.60. The van der Waals surface area contributed by atoms with E-state index in [1.165, 1.54) is 18.2 Å². The van der Waals surface area contributed by atoms with Crippen LogP contribution in [0, 0.1) is 21.4 Å². The molecular weight excluding hydrogens is 232 g/mol. The summed E-state index contributed by atoms with van der Waals surface area (Å²) in [7, 11) is 0. The maximum absolute atomic E-state index is 10.6. The van der Waals surface area contributed by atoms with Crippen LogP contribution in [-0.4, -0.2) is 15.9 Å². The molecule has 0 aliphatic heterocycles. The van der Waals surface area contributed by atoms with E-state index >= 15 is 0 Å². The van der Waals surface area contributed by atoms with Gasteiger partial charge in [-0.1, -0.05) is 12.2 Å². The number of nitro benzene ring substituents is 1. The van der Waals surface area contributed by atoms with Crippen LogP contribution >= 0.6 is 11.6 Å². The zero-order chi connectivity index (χ0) is 12.1. The zero-order valence-electron chi connectivity index (χ0n) is 8.05. The lowest BCUT2D eigenvalue weighted by atomic mass is 10.1. The molecule has 0 aliphatic rings. The van der Waals surface area contributed by atoms with Gasteiger partial charge < -0.3 is 5.11 Å². The van der Waals surface area contributed by atoms with Crippen molar-refractivity contribution in [1.82, 2.24) is 0 Å². The van der Waals surface area contributed by atoms with Crippen LogP contribution in [0.4, 0.5) is 5.69 Å². The Labute approximate surface area is 96.3 Å². The third-order valence-electron chi connectivity index (χ3n) is 1.83. The molecular formula is C10H7ClN2O3. The number of hydrogen-bond acceptors (Lipinski definition) is 4. The van der Waals surface area contributed by atoms with Crippen molar-refractivity contribution in [3.05, 3.63) is 39.4 Å². The zero-order valence-corrected chi connectivity index (χ0v) is 8.81. The second-order valence-corrected chi connectivity index (χ2v) is 3.17. The van der Waals surface area contributed by atoms with Crippen LogP contribution in [0.15, 0.2) is 18.2 Å². The molecule has 0 aromatic heterocycles. The van der Waals surface area contributed by atoms with Gasteiger partial charge in [0.05, 0.1) is 16.6 Å². The number of phenolic OH excluding ortho intramolecular Hbond substituents is 1. The van der Waals surface area contributed by atoms with Crippen molar-refractivity contribution in [1.29, 1.82) is 5.26 Å². The standard InChI is InChI=1S/C10H7ClN2O3/c11-3-1-2-8-4-7(6-12)5-9(10(8)14)13(15)16/h1-2,4-5,14H,3H2. The van der Waals surface area contributed by atoms with Crippen LogP contribution in [-0.2, 0) is 0 Å². The summed E-state index contributed by atoms with van der Waals surface area (Å²) in [6.07, 6.45) is 2.94. The molecule has 0 unspecified atom stereocenters. The Kier molecular flexibility index (Phi) is 3.86. The van der Waals surface area contributed by atoms with E-state index in [-0.39, 0.29) is 17.0 Å². The van der Waals surface area contributed by atoms with Crippen LogP contribution in [0.1, 0.15) is 11.1 Å². The number of rotatable bonds is 3. The number of phenols is 1. The molecule has 0 heterocycles. The summed E-state index contributed by atoms with van der Waals surface area (Å²) in [5.74, 6) is -0.255. The molecule has 0 bridgehead atoms. The normalized spacial score (nSPS) is 10.2. The first-order valence-corrected chi connectivity index (χ1v) is 4.77. The van der Waals surface area contributed by atoms with Crippen molar-refractivity contribution in [2.24, 2.45) is 0 Å². The minimum atomic E-state index is -0.742. The minimum absolute atomic E-state index is 0.110. The summed E-state index contributed by atoms with van der Waals surface area (Å²) in [5, 5.41) is 28.8. The monoisotopic (exact) mass is 238 g/mol. The van der Waals surface area contributed by atoms with Gasteiger partial charge in [-0.25, -0.2) is 0 Å². The van der Waals surface area contributed by atoms with E-state index < -0.39 is 16.4 Å². The van der Waals surface area contributed by atoms with Gasteiger partial charge in [0.2, 0.25) is 5.75 Å². The highest BCUT2D eigenvalue weighted by Gasteiger charge is 2.17. The highest BCUT2D eigenvalue weighted by atomic mass is 35.5. The molecule has 0 fully saturated rings. The van der Waals surface area contributed by atoms with Crippen LogP contribution in [0.25, 0.3) is 6.08 Å². The molecule has 1 rings (SSSR count). The van der Waals surface area contributed by atoms with Crippen LogP contribution in [0.2, 0.25) is 0 Å². The summed E-state index contributed by atoms with van der Waals surface area (Å²) < 4.78 is 0. The molecule has 1 N–H and O–H groups in total. The van der Waals surface area contributed by atoms with Crippen molar-refractivity contribution >= 4 is 23.4 Å². The first kappa shape index (κ1) is 12.0. The first-order valence-electron chi connectivity index (χ1n) is 4.24. The number of nitrogens with zero attached hydrogens (tertiary/aromatic N) is 2. The number of hydrogen-bond donors (Lipinski definition) is 1. The third-order valence-corrected chi connectivity index (χ3v) is 2.01. The lowest BCUT2D eigenvalue weighted by Gasteiger charge is -2.01. The lowest BCUT2D eigenvalue weighted by molar-refractivity contribution is -0.385. The molecule has 0 amide bonds. The Balaban J connectivity index is 3.38. The second kappa shape index (κ2) is 5.14. The highest BCUT2D eigenvalue weighted by Crippen LogP contribution is 2.31. The molecule has 1 aromatic carbocycles. The SMILES string of the molecule is N#Cc1cc(C=CCCl)c(O)c([N+](=O)[O-])c1. The Morgan fingerprint density at radius 1 is 1.62 bits per heavy atom. The van der Waals surface area contributed by atoms with Crippen molar-refractivity contribution in [2.75, 3.05) is 5.88 Å². The summed E-state index contributed by atoms with van der Waals surface area (Å²) in [4.78, 5) is 9.86. The number of halogens is 1. The van der Waals surface area contributed by atoms with Gasteiger partial charge in [-0.3, -0.25) is 10.1 Å². The molecule has 0 radical (unpaired) electrons. The van der Waals surface area contributed by atoms with E-state index in [0.717, 1.165) is 6.07 Å². The number of nitriles is 1. The third kappa shape index (κ3) is 2.49. The van der Waals surface area contributed by atoms with E-state index in [9.17, 15) is 15.2 Å². The van der Waals surface area contributed by atoms with Crippen molar-refractivity contribution in [3.63, 3.8) is 0 Å². The maximum Gasteiger partial charge on any atom is 0.312 e. The van der Waals surface area contributed by atoms with E-state index in [4.69, 9.17) is 16.9 Å². The fraction of sp³-hybridized carbons (Fsp3) is 0.100. The molecule has 5 nitrogen and oxygen atoms in total. The molecule has 0 saturated heterocycles. The Hall–Kier alpha value is -2.06. The van der Waals surface area contributed by atoms with Crippen molar-refractivity contribution in [2.45, 2.75) is 0 Å². The average molecular weight is 239 g/mol. The fourth-order valence-electron chi connectivity index (χ4n) is 1.14. The molecule has 1 aromatic rings. The summed E-state index contributed by atoms with van der Waals surface area (Å²) in [6, 6.07) is 4.16. The van der Waals surface area contributed by atoms with Gasteiger partial charge in [0.25, 0.3) is 0 Å². The average Bonchev–Trinajstić information content (AvgIpc) is 2.27. The van der Waals surface area contributed by atoms with Gasteiger partial charge >= 0.3 is 5.69 Å². The predicted molar refractivity (Wildman–Crippen MR) is 59.2 cm³/mol. The molecule has 0 aliphatic carbocycles. The van der Waals surface area contributed by atoms with Gasteiger partial charge in [0.15, 0.2) is 0 Å². The molecule has 6 heteroatoms. The van der Waals surface area contributed by atoms with Crippen LogP contribution in [0.3, 0.4) is 0 Å². The predicted octanol–water partition coefficient (Wildman–Crippen LogP) is 2.42. The second-order valence-electron chi connectivity index (χ2n) is 2.86. The van der Waals surface area contributed by atoms with Crippen LogP contribution in [0.5, 0.6) is 5.75 Å². The summed E-state index contributed by atoms with van der Waals surface area (Å²) in [6.45, 7) is 0. The molecule has 82 valence electrons. The number of benzene rings is 1.